The SMILES string of the molecule is Cc1nc(-c2c(Cl)c3ccccc3n2-c2ccc(CNC(=O)C3(N)CC3)cc2)no1.O=C(O)c1csnn1. The smallest absolute Gasteiger partial charge is 0.357 e. The molecule has 5 aromatic rings. The number of nitrogens with two attached hydrogens (primary N) is 1. The van der Waals surface area contributed by atoms with Crippen molar-refractivity contribution in [1.29, 1.82) is 0 Å². The van der Waals surface area contributed by atoms with Crippen molar-refractivity contribution < 1.29 is 19.2 Å². The van der Waals surface area contributed by atoms with E-state index in [2.05, 4.69) is 25.0 Å². The lowest BCUT2D eigenvalue weighted by Crippen LogP contribution is -2.42. The van der Waals surface area contributed by atoms with Gasteiger partial charge in [-0.3, -0.25) is 4.79 Å². The largest absolute Gasteiger partial charge is 0.476 e. The summed E-state index contributed by atoms with van der Waals surface area (Å²) in [4.78, 5) is 26.4. The van der Waals surface area contributed by atoms with Crippen LogP contribution in [-0.4, -0.2) is 46.8 Å². The molecule has 1 aliphatic carbocycles. The van der Waals surface area contributed by atoms with Gasteiger partial charge in [0.1, 0.15) is 5.69 Å². The van der Waals surface area contributed by atoms with Crippen molar-refractivity contribution in [2.75, 3.05) is 0 Å². The number of benzene rings is 2. The summed E-state index contributed by atoms with van der Waals surface area (Å²) in [5, 5.41) is 21.3. The standard InChI is InChI=1S/C22H20ClN5O2.C3H2N2O2S/c1-13-26-20(27-30-13)19-18(23)16-4-2-3-5-17(16)28(19)15-8-6-14(7-9-15)12-25-21(29)22(24)10-11-22;6-3(7)2-1-8-5-4-2/h2-9H,10-12,24H2,1H3,(H,25,29);1H,(H,6,7). The molecule has 6 rings (SSSR count). The molecule has 0 aliphatic heterocycles. The maximum atomic E-state index is 12.1. The second-order valence-electron chi connectivity index (χ2n) is 8.75. The molecule has 1 aliphatic rings. The maximum Gasteiger partial charge on any atom is 0.357 e. The number of amides is 1. The van der Waals surface area contributed by atoms with Crippen molar-refractivity contribution in [2.45, 2.75) is 31.8 Å². The van der Waals surface area contributed by atoms with E-state index < -0.39 is 11.5 Å². The summed E-state index contributed by atoms with van der Waals surface area (Å²) >= 11 is 7.74. The third kappa shape index (κ3) is 5.14. The van der Waals surface area contributed by atoms with E-state index in [9.17, 15) is 9.59 Å². The monoisotopic (exact) mass is 551 g/mol. The molecule has 0 atom stereocenters. The second-order valence-corrected chi connectivity index (χ2v) is 9.74. The van der Waals surface area contributed by atoms with Crippen LogP contribution in [0.25, 0.3) is 28.1 Å². The molecule has 0 bridgehead atoms. The third-order valence-electron chi connectivity index (χ3n) is 6.02. The first-order valence-electron chi connectivity index (χ1n) is 11.5. The van der Waals surface area contributed by atoms with Crippen LogP contribution in [0, 0.1) is 6.92 Å². The number of nitrogens with one attached hydrogen (secondary N) is 1. The summed E-state index contributed by atoms with van der Waals surface area (Å²) in [7, 11) is 0. The number of aryl methyl sites for hydroxylation is 1. The summed E-state index contributed by atoms with van der Waals surface area (Å²) in [6, 6.07) is 15.8. The molecule has 1 amide bonds. The van der Waals surface area contributed by atoms with Crippen molar-refractivity contribution in [2.24, 2.45) is 5.73 Å². The number of hydrogen-bond acceptors (Lipinski definition) is 9. The molecule has 194 valence electrons. The van der Waals surface area contributed by atoms with Gasteiger partial charge in [-0.05, 0) is 48.1 Å². The Morgan fingerprint density at radius 1 is 1.21 bits per heavy atom. The molecule has 0 unspecified atom stereocenters. The minimum atomic E-state index is -1.03. The van der Waals surface area contributed by atoms with Crippen LogP contribution in [0.15, 0.2) is 58.4 Å². The number of carboxylic acids is 1. The van der Waals surface area contributed by atoms with Gasteiger partial charge in [0.25, 0.3) is 0 Å². The predicted molar refractivity (Wildman–Crippen MR) is 141 cm³/mol. The lowest BCUT2D eigenvalue weighted by Gasteiger charge is -2.12. The van der Waals surface area contributed by atoms with Gasteiger partial charge in [-0.15, -0.1) is 5.10 Å². The number of rotatable bonds is 6. The van der Waals surface area contributed by atoms with E-state index in [-0.39, 0.29) is 11.6 Å². The summed E-state index contributed by atoms with van der Waals surface area (Å²) in [5.74, 6) is -0.219. The lowest BCUT2D eigenvalue weighted by molar-refractivity contribution is -0.123. The van der Waals surface area contributed by atoms with E-state index in [1.807, 2.05) is 53.1 Å². The predicted octanol–water partition coefficient (Wildman–Crippen LogP) is 3.99. The average molecular weight is 552 g/mol. The molecule has 0 saturated heterocycles. The molecule has 3 heterocycles. The number of carbonyl (C=O) groups is 2. The number of halogens is 1. The highest BCUT2D eigenvalue weighted by Gasteiger charge is 2.45. The Hall–Kier alpha value is -4.13. The Kier molecular flexibility index (Phi) is 6.93. The number of aromatic nitrogens is 5. The van der Waals surface area contributed by atoms with E-state index in [1.54, 1.807) is 6.92 Å². The fraction of sp³-hybridized carbons (Fsp3) is 0.200. The average Bonchev–Trinajstić information content (AvgIpc) is 3.27. The van der Waals surface area contributed by atoms with E-state index in [0.29, 0.717) is 29.0 Å². The van der Waals surface area contributed by atoms with Crippen LogP contribution in [0.5, 0.6) is 0 Å². The zero-order valence-electron chi connectivity index (χ0n) is 20.1. The Bertz CT molecular complexity index is 1610. The van der Waals surface area contributed by atoms with Gasteiger partial charge in [-0.2, -0.15) is 4.98 Å². The van der Waals surface area contributed by atoms with E-state index in [1.165, 1.54) is 5.38 Å². The molecule has 1 saturated carbocycles. The lowest BCUT2D eigenvalue weighted by atomic mass is 10.2. The van der Waals surface area contributed by atoms with Crippen LogP contribution in [0.3, 0.4) is 0 Å². The van der Waals surface area contributed by atoms with Crippen molar-refractivity contribution in [3.63, 3.8) is 0 Å². The van der Waals surface area contributed by atoms with Crippen molar-refractivity contribution in [3.8, 4) is 17.2 Å². The fourth-order valence-electron chi connectivity index (χ4n) is 3.80. The molecule has 4 N–H and O–H groups in total. The summed E-state index contributed by atoms with van der Waals surface area (Å²) in [6.45, 7) is 2.18. The Labute approximate surface area is 225 Å². The van der Waals surface area contributed by atoms with Gasteiger partial charge in [0.05, 0.1) is 16.1 Å². The van der Waals surface area contributed by atoms with Crippen LogP contribution in [-0.2, 0) is 11.3 Å². The van der Waals surface area contributed by atoms with Gasteiger partial charge < -0.3 is 25.2 Å². The first-order chi connectivity index (χ1) is 18.3. The number of para-hydroxylation sites is 1. The normalized spacial score (nSPS) is 13.6. The molecule has 0 spiro atoms. The minimum absolute atomic E-state index is 0.00926. The second kappa shape index (κ2) is 10.3. The van der Waals surface area contributed by atoms with Crippen molar-refractivity contribution >= 4 is 45.9 Å². The molecule has 1 fully saturated rings. The quantitative estimate of drug-likeness (QED) is 0.283. The summed E-state index contributed by atoms with van der Waals surface area (Å²) in [6.07, 6.45) is 1.50. The number of aromatic carboxylic acids is 1. The number of hydrogen-bond donors (Lipinski definition) is 3. The van der Waals surface area contributed by atoms with Gasteiger partial charge in [0, 0.05) is 29.9 Å². The van der Waals surface area contributed by atoms with Crippen LogP contribution >= 0.6 is 23.1 Å². The van der Waals surface area contributed by atoms with Gasteiger partial charge in [-0.25, -0.2) is 4.79 Å². The van der Waals surface area contributed by atoms with Crippen molar-refractivity contribution in [1.82, 2.24) is 29.6 Å². The summed E-state index contributed by atoms with van der Waals surface area (Å²) in [5.41, 5.74) is 8.78. The van der Waals surface area contributed by atoms with Crippen LogP contribution in [0.4, 0.5) is 0 Å². The highest BCUT2D eigenvalue weighted by atomic mass is 35.5. The van der Waals surface area contributed by atoms with Crippen molar-refractivity contribution in [3.05, 3.63) is 76.1 Å². The topological polar surface area (TPSA) is 162 Å². The molecule has 11 nitrogen and oxygen atoms in total. The molecule has 13 heteroatoms. The number of fused-ring (bicyclic) bond motifs is 1. The summed E-state index contributed by atoms with van der Waals surface area (Å²) < 4.78 is 10.6. The van der Waals surface area contributed by atoms with Crippen LogP contribution < -0.4 is 11.1 Å². The number of nitrogens with zero attached hydrogens (tertiary/aromatic N) is 5. The fourth-order valence-corrected chi connectivity index (χ4v) is 4.56. The van der Waals surface area contributed by atoms with E-state index in [4.69, 9.17) is 27.0 Å². The van der Waals surface area contributed by atoms with Crippen LogP contribution in [0.2, 0.25) is 5.02 Å². The maximum absolute atomic E-state index is 12.1. The van der Waals surface area contributed by atoms with Gasteiger partial charge in [0.15, 0.2) is 5.69 Å². The molecule has 0 radical (unpaired) electrons. The van der Waals surface area contributed by atoms with Gasteiger partial charge in [-0.1, -0.05) is 51.6 Å². The molecular formula is C25H22ClN7O4S. The first kappa shape index (κ1) is 25.5. The highest BCUT2D eigenvalue weighted by Crippen LogP contribution is 2.38. The number of carboxylic acid groups (broad SMARTS) is 1. The minimum Gasteiger partial charge on any atom is -0.476 e. The Balaban J connectivity index is 0.000000316. The zero-order chi connectivity index (χ0) is 26.9. The first-order valence-corrected chi connectivity index (χ1v) is 12.7. The molecular weight excluding hydrogens is 530 g/mol. The van der Waals surface area contributed by atoms with E-state index >= 15 is 0 Å². The Morgan fingerprint density at radius 2 is 1.95 bits per heavy atom. The molecule has 3 aromatic heterocycles. The molecule has 2 aromatic carbocycles. The van der Waals surface area contributed by atoms with Crippen LogP contribution in [0.1, 0.15) is 34.8 Å². The Morgan fingerprint density at radius 3 is 2.53 bits per heavy atom. The third-order valence-corrected chi connectivity index (χ3v) is 6.91. The zero-order valence-corrected chi connectivity index (χ0v) is 21.7. The highest BCUT2D eigenvalue weighted by molar-refractivity contribution is 7.03. The molecule has 38 heavy (non-hydrogen) atoms. The van der Waals surface area contributed by atoms with E-state index in [0.717, 1.165) is 46.5 Å². The van der Waals surface area contributed by atoms with Gasteiger partial charge >= 0.3 is 5.97 Å². The number of carbonyl (C=O) groups excluding carboxylic acids is 1. The van der Waals surface area contributed by atoms with Gasteiger partial charge in [0.2, 0.25) is 17.6 Å².